The van der Waals surface area contributed by atoms with Crippen LogP contribution in [0.1, 0.15) is 43.6 Å². The number of halogens is 1. The second kappa shape index (κ2) is 7.59. The van der Waals surface area contributed by atoms with Gasteiger partial charge in [-0.2, -0.15) is 0 Å². The lowest BCUT2D eigenvalue weighted by Gasteiger charge is -2.19. The van der Waals surface area contributed by atoms with Crippen LogP contribution < -0.4 is 14.4 Å². The highest BCUT2D eigenvalue weighted by Crippen LogP contribution is 2.38. The van der Waals surface area contributed by atoms with Crippen molar-refractivity contribution in [1.29, 1.82) is 0 Å². The van der Waals surface area contributed by atoms with Crippen molar-refractivity contribution in [2.24, 2.45) is 0 Å². The van der Waals surface area contributed by atoms with Gasteiger partial charge in [0.1, 0.15) is 5.82 Å². The summed E-state index contributed by atoms with van der Waals surface area (Å²) >= 11 is 0. The lowest BCUT2D eigenvalue weighted by Crippen LogP contribution is -2.24. The molecule has 0 N–H and O–H groups in total. The molecule has 1 heterocycles. The molecule has 0 bridgehead atoms. The van der Waals surface area contributed by atoms with Gasteiger partial charge in [-0.15, -0.1) is 0 Å². The van der Waals surface area contributed by atoms with Gasteiger partial charge in [0.05, 0.1) is 13.2 Å². The normalized spacial score (nSPS) is 20.3. The number of hydrogen-bond acceptors (Lipinski definition) is 3. The molecular formula is C22H24FNO3. The van der Waals surface area contributed by atoms with Crippen molar-refractivity contribution in [2.45, 2.75) is 44.1 Å². The Morgan fingerprint density at radius 1 is 1.04 bits per heavy atom. The molecule has 1 saturated carbocycles. The summed E-state index contributed by atoms with van der Waals surface area (Å²) in [6.07, 6.45) is 5.25. The highest BCUT2D eigenvalue weighted by atomic mass is 19.1. The van der Waals surface area contributed by atoms with E-state index in [9.17, 15) is 9.18 Å². The molecule has 4 nitrogen and oxygen atoms in total. The lowest BCUT2D eigenvalue weighted by molar-refractivity contribution is -0.117. The fraction of sp³-hybridized carbons (Fsp3) is 0.409. The van der Waals surface area contributed by atoms with Crippen LogP contribution >= 0.6 is 0 Å². The van der Waals surface area contributed by atoms with E-state index in [0.29, 0.717) is 13.0 Å². The molecule has 0 aromatic heterocycles. The minimum Gasteiger partial charge on any atom is -0.493 e. The Kier molecular flexibility index (Phi) is 5.01. The first-order valence-electron chi connectivity index (χ1n) is 9.54. The van der Waals surface area contributed by atoms with Crippen molar-refractivity contribution in [2.75, 3.05) is 18.6 Å². The monoisotopic (exact) mass is 369 g/mol. The molecule has 2 aliphatic rings. The maximum absolute atomic E-state index is 13.2. The molecule has 2 fully saturated rings. The highest BCUT2D eigenvalue weighted by molar-refractivity contribution is 5.96. The number of ether oxygens (including phenoxy) is 2. The minimum atomic E-state index is -0.300. The topological polar surface area (TPSA) is 38.8 Å². The van der Waals surface area contributed by atoms with Crippen LogP contribution in [0.5, 0.6) is 11.5 Å². The summed E-state index contributed by atoms with van der Waals surface area (Å²) in [7, 11) is 1.64. The smallest absolute Gasteiger partial charge is 0.227 e. The van der Waals surface area contributed by atoms with Crippen molar-refractivity contribution in [1.82, 2.24) is 0 Å². The van der Waals surface area contributed by atoms with Crippen LogP contribution in [0.4, 0.5) is 10.1 Å². The van der Waals surface area contributed by atoms with Gasteiger partial charge in [0, 0.05) is 24.6 Å². The molecule has 27 heavy (non-hydrogen) atoms. The van der Waals surface area contributed by atoms with Gasteiger partial charge in [0.25, 0.3) is 0 Å². The van der Waals surface area contributed by atoms with Gasteiger partial charge < -0.3 is 14.4 Å². The Labute approximate surface area is 158 Å². The van der Waals surface area contributed by atoms with Crippen LogP contribution in [0.15, 0.2) is 42.5 Å². The summed E-state index contributed by atoms with van der Waals surface area (Å²) in [5.41, 5.74) is 1.81. The quantitative estimate of drug-likeness (QED) is 0.768. The van der Waals surface area contributed by atoms with Crippen LogP contribution in [0.2, 0.25) is 0 Å². The van der Waals surface area contributed by atoms with E-state index in [-0.39, 0.29) is 23.7 Å². The van der Waals surface area contributed by atoms with Crippen molar-refractivity contribution in [3.63, 3.8) is 0 Å². The van der Waals surface area contributed by atoms with E-state index < -0.39 is 0 Å². The van der Waals surface area contributed by atoms with Crippen LogP contribution in [0, 0.1) is 5.82 Å². The lowest BCUT2D eigenvalue weighted by atomic mass is 9.98. The van der Waals surface area contributed by atoms with Crippen molar-refractivity contribution in [3.05, 3.63) is 53.8 Å². The van der Waals surface area contributed by atoms with Crippen molar-refractivity contribution >= 4 is 11.6 Å². The van der Waals surface area contributed by atoms with Gasteiger partial charge in [0.15, 0.2) is 11.5 Å². The number of carbonyl (C=O) groups excluding carboxylic acids is 1. The largest absolute Gasteiger partial charge is 0.493 e. The summed E-state index contributed by atoms with van der Waals surface area (Å²) in [5.74, 6) is 1.32. The molecule has 1 amide bonds. The molecule has 0 spiro atoms. The molecule has 2 aromatic rings. The zero-order valence-electron chi connectivity index (χ0n) is 15.5. The van der Waals surface area contributed by atoms with E-state index in [2.05, 4.69) is 0 Å². The van der Waals surface area contributed by atoms with Gasteiger partial charge in [-0.1, -0.05) is 6.07 Å². The summed E-state index contributed by atoms with van der Waals surface area (Å²) in [6.45, 7) is 0.583. The van der Waals surface area contributed by atoms with Gasteiger partial charge in [0.2, 0.25) is 5.91 Å². The molecule has 0 radical (unpaired) electrons. The zero-order chi connectivity index (χ0) is 18.8. The SMILES string of the molecule is COc1ccc([C@@H]2CC(=O)N(c3ccc(F)cc3)C2)cc1OC1CCCC1. The number of hydrogen-bond donors (Lipinski definition) is 0. The molecule has 1 saturated heterocycles. The van der Waals surface area contributed by atoms with Crippen molar-refractivity contribution in [3.8, 4) is 11.5 Å². The minimum absolute atomic E-state index is 0.0562. The third-order valence-corrected chi connectivity index (χ3v) is 5.52. The van der Waals surface area contributed by atoms with Crippen LogP contribution in [-0.2, 0) is 4.79 Å². The number of benzene rings is 2. The zero-order valence-corrected chi connectivity index (χ0v) is 15.5. The van der Waals surface area contributed by atoms with E-state index in [4.69, 9.17) is 9.47 Å². The second-order valence-electron chi connectivity index (χ2n) is 7.32. The predicted molar refractivity (Wildman–Crippen MR) is 102 cm³/mol. The molecule has 5 heteroatoms. The molecule has 1 atom stereocenters. The Hall–Kier alpha value is -2.56. The fourth-order valence-corrected chi connectivity index (χ4v) is 4.03. The van der Waals surface area contributed by atoms with E-state index >= 15 is 0 Å². The number of rotatable bonds is 5. The first kappa shape index (κ1) is 17.8. The second-order valence-corrected chi connectivity index (χ2v) is 7.32. The summed E-state index contributed by atoms with van der Waals surface area (Å²) in [4.78, 5) is 14.2. The number of amides is 1. The van der Waals surface area contributed by atoms with Crippen molar-refractivity contribution < 1.29 is 18.7 Å². The van der Waals surface area contributed by atoms with Crippen LogP contribution in [-0.4, -0.2) is 25.7 Å². The highest BCUT2D eigenvalue weighted by Gasteiger charge is 2.32. The number of nitrogens with zero attached hydrogens (tertiary/aromatic N) is 1. The number of carbonyl (C=O) groups is 1. The first-order chi connectivity index (χ1) is 13.1. The van der Waals surface area contributed by atoms with Gasteiger partial charge in [-0.25, -0.2) is 4.39 Å². The molecule has 0 unspecified atom stereocenters. The van der Waals surface area contributed by atoms with E-state index in [0.717, 1.165) is 35.6 Å². The molecular weight excluding hydrogens is 345 g/mol. The van der Waals surface area contributed by atoms with Crippen LogP contribution in [0.25, 0.3) is 0 Å². The number of methoxy groups -OCH3 is 1. The molecule has 4 rings (SSSR count). The first-order valence-corrected chi connectivity index (χ1v) is 9.54. The van der Waals surface area contributed by atoms with Gasteiger partial charge in [-0.05, 0) is 67.6 Å². The molecule has 1 aliphatic heterocycles. The third kappa shape index (κ3) is 3.77. The van der Waals surface area contributed by atoms with E-state index in [1.54, 1.807) is 24.1 Å². The average Bonchev–Trinajstić information content (AvgIpc) is 3.32. The maximum atomic E-state index is 13.2. The fourth-order valence-electron chi connectivity index (χ4n) is 4.03. The molecule has 2 aromatic carbocycles. The third-order valence-electron chi connectivity index (χ3n) is 5.52. The maximum Gasteiger partial charge on any atom is 0.227 e. The number of anilines is 1. The summed E-state index contributed by atoms with van der Waals surface area (Å²) < 4.78 is 24.8. The summed E-state index contributed by atoms with van der Waals surface area (Å²) in [6, 6.07) is 12.0. The Bertz CT molecular complexity index is 815. The Morgan fingerprint density at radius 3 is 2.48 bits per heavy atom. The standard InChI is InChI=1S/C22H24FNO3/c1-26-20-11-6-15(12-21(20)27-19-4-2-3-5-19)16-13-22(25)24(14-16)18-9-7-17(23)8-10-18/h6-12,16,19H,2-5,13-14H2,1H3/t16-/m1/s1. The van der Waals surface area contributed by atoms with Gasteiger partial charge >= 0.3 is 0 Å². The Morgan fingerprint density at radius 2 is 1.78 bits per heavy atom. The molecule has 1 aliphatic carbocycles. The predicted octanol–water partition coefficient (Wildman–Crippen LogP) is 4.68. The Balaban J connectivity index is 1.54. The van der Waals surface area contributed by atoms with E-state index in [1.807, 2.05) is 18.2 Å². The van der Waals surface area contributed by atoms with Gasteiger partial charge in [-0.3, -0.25) is 4.79 Å². The van der Waals surface area contributed by atoms with E-state index in [1.165, 1.54) is 25.0 Å². The average molecular weight is 369 g/mol. The van der Waals surface area contributed by atoms with Crippen LogP contribution in [0.3, 0.4) is 0 Å². The molecule has 142 valence electrons. The summed E-state index contributed by atoms with van der Waals surface area (Å²) in [5, 5.41) is 0.